The van der Waals surface area contributed by atoms with Crippen molar-refractivity contribution in [2.45, 2.75) is 37.5 Å². The molecule has 0 N–H and O–H groups in total. The minimum Gasteiger partial charge on any atom is -0.339 e. The Morgan fingerprint density at radius 1 is 0.611 bits per heavy atom. The first-order chi connectivity index (χ1) is 17.6. The Bertz CT molecular complexity index is 1270. The maximum Gasteiger partial charge on any atom is 0.253 e. The third kappa shape index (κ3) is 2.98. The van der Waals surface area contributed by atoms with Crippen molar-refractivity contribution >= 4 is 23.4 Å². The smallest absolute Gasteiger partial charge is 0.253 e. The van der Waals surface area contributed by atoms with Crippen LogP contribution in [0.5, 0.6) is 0 Å². The van der Waals surface area contributed by atoms with Gasteiger partial charge < -0.3 is 4.90 Å². The molecule has 2 fully saturated rings. The van der Waals surface area contributed by atoms with Crippen molar-refractivity contribution in [3.8, 4) is 0 Å². The molecule has 2 heterocycles. The lowest BCUT2D eigenvalue weighted by atomic mass is 9.55. The number of hydrogen-bond acceptors (Lipinski definition) is 3. The number of carbonyl (C=O) groups excluding carboxylic acids is 3. The summed E-state index contributed by atoms with van der Waals surface area (Å²) in [6.45, 7) is 1.58. The van der Waals surface area contributed by atoms with Crippen LogP contribution in [0, 0.1) is 11.8 Å². The number of amides is 3. The van der Waals surface area contributed by atoms with Crippen LogP contribution in [0.3, 0.4) is 0 Å². The van der Waals surface area contributed by atoms with E-state index in [1.165, 1.54) is 40.0 Å². The highest BCUT2D eigenvalue weighted by atomic mass is 16.2. The van der Waals surface area contributed by atoms with Crippen LogP contribution >= 0.6 is 0 Å². The van der Waals surface area contributed by atoms with Gasteiger partial charge in [-0.2, -0.15) is 0 Å². The lowest BCUT2D eigenvalue weighted by Gasteiger charge is -2.45. The molecule has 3 amide bonds. The van der Waals surface area contributed by atoms with Crippen LogP contribution in [-0.4, -0.2) is 35.7 Å². The van der Waals surface area contributed by atoms with Crippen LogP contribution in [0.2, 0.25) is 0 Å². The van der Waals surface area contributed by atoms with E-state index in [2.05, 4.69) is 24.3 Å². The molecule has 0 spiro atoms. The van der Waals surface area contributed by atoms with Gasteiger partial charge in [0.2, 0.25) is 11.8 Å². The SMILES string of the molecule is O=C(c1ccc(N2C(=O)[C@H]3C4c5ccccc5C(c5ccccc54)[C@@H]3C2=O)cc1)N1CCCCCC1. The van der Waals surface area contributed by atoms with E-state index in [0.717, 1.165) is 25.9 Å². The summed E-state index contributed by atoms with van der Waals surface area (Å²) in [5.41, 5.74) is 5.84. The topological polar surface area (TPSA) is 57.7 Å². The van der Waals surface area contributed by atoms with Gasteiger partial charge in [0.1, 0.15) is 0 Å². The Balaban J connectivity index is 1.23. The van der Waals surface area contributed by atoms with E-state index in [9.17, 15) is 14.4 Å². The van der Waals surface area contributed by atoms with Gasteiger partial charge >= 0.3 is 0 Å². The van der Waals surface area contributed by atoms with Crippen molar-refractivity contribution < 1.29 is 14.4 Å². The fourth-order valence-electron chi connectivity index (χ4n) is 7.14. The summed E-state index contributed by atoms with van der Waals surface area (Å²) in [6.07, 6.45) is 4.41. The maximum absolute atomic E-state index is 13.9. The molecule has 0 radical (unpaired) electrons. The quantitative estimate of drug-likeness (QED) is 0.484. The molecule has 5 heteroatoms. The van der Waals surface area contributed by atoms with E-state index in [1.54, 1.807) is 24.3 Å². The van der Waals surface area contributed by atoms with Crippen molar-refractivity contribution in [3.63, 3.8) is 0 Å². The van der Waals surface area contributed by atoms with E-state index >= 15 is 0 Å². The number of benzene rings is 3. The van der Waals surface area contributed by atoms with Gasteiger partial charge in [-0.05, 0) is 59.4 Å². The Morgan fingerprint density at radius 3 is 1.50 bits per heavy atom. The molecule has 5 aliphatic rings. The van der Waals surface area contributed by atoms with Crippen LogP contribution in [0.1, 0.15) is 70.1 Å². The fraction of sp³-hybridized carbons (Fsp3) is 0.323. The molecule has 36 heavy (non-hydrogen) atoms. The Labute approximate surface area is 210 Å². The molecule has 3 aliphatic carbocycles. The zero-order valence-corrected chi connectivity index (χ0v) is 20.1. The third-order valence-electron chi connectivity index (χ3n) is 8.71. The summed E-state index contributed by atoms with van der Waals surface area (Å²) in [5, 5.41) is 0. The molecule has 0 saturated carbocycles. The third-order valence-corrected chi connectivity index (χ3v) is 8.71. The number of imide groups is 1. The second-order valence-corrected chi connectivity index (χ2v) is 10.5. The number of carbonyl (C=O) groups is 3. The first kappa shape index (κ1) is 21.5. The molecule has 5 nitrogen and oxygen atoms in total. The summed E-state index contributed by atoms with van der Waals surface area (Å²) in [4.78, 5) is 44.1. The second kappa shape index (κ2) is 8.16. The summed E-state index contributed by atoms with van der Waals surface area (Å²) >= 11 is 0. The van der Waals surface area contributed by atoms with Crippen molar-refractivity contribution in [3.05, 3.63) is 101 Å². The molecule has 0 aromatic heterocycles. The Morgan fingerprint density at radius 2 is 1.06 bits per heavy atom. The summed E-state index contributed by atoms with van der Waals surface area (Å²) in [5.74, 6) is -1.25. The predicted octanol–water partition coefficient (Wildman–Crippen LogP) is 5.10. The molecule has 8 rings (SSSR count). The van der Waals surface area contributed by atoms with Crippen molar-refractivity contribution in [1.82, 2.24) is 4.90 Å². The highest BCUT2D eigenvalue weighted by Gasteiger charge is 2.61. The maximum atomic E-state index is 13.9. The van der Waals surface area contributed by atoms with E-state index in [-0.39, 0.29) is 29.6 Å². The number of nitrogens with zero attached hydrogens (tertiary/aromatic N) is 2. The number of likely N-dealkylation sites (tertiary alicyclic amines) is 1. The van der Waals surface area contributed by atoms with Gasteiger partial charge in [0.25, 0.3) is 5.91 Å². The van der Waals surface area contributed by atoms with E-state index in [4.69, 9.17) is 0 Å². The zero-order chi connectivity index (χ0) is 24.4. The van der Waals surface area contributed by atoms with Crippen LogP contribution in [0.15, 0.2) is 72.8 Å². The molecular formula is C31H28N2O3. The molecule has 180 valence electrons. The number of hydrogen-bond donors (Lipinski definition) is 0. The number of rotatable bonds is 2. The molecule has 3 aromatic carbocycles. The molecule has 3 aromatic rings. The highest BCUT2D eigenvalue weighted by molar-refractivity contribution is 6.23. The summed E-state index contributed by atoms with van der Waals surface area (Å²) < 4.78 is 0. The first-order valence-electron chi connectivity index (χ1n) is 13.1. The van der Waals surface area contributed by atoms with E-state index in [1.807, 2.05) is 29.2 Å². The molecule has 2 atom stereocenters. The van der Waals surface area contributed by atoms with Crippen LogP contribution in [0.4, 0.5) is 5.69 Å². The van der Waals surface area contributed by atoms with Crippen molar-refractivity contribution in [2.75, 3.05) is 18.0 Å². The second-order valence-electron chi connectivity index (χ2n) is 10.5. The van der Waals surface area contributed by atoms with Crippen molar-refractivity contribution in [1.29, 1.82) is 0 Å². The fourth-order valence-corrected chi connectivity index (χ4v) is 7.14. The largest absolute Gasteiger partial charge is 0.339 e. The van der Waals surface area contributed by atoms with Crippen LogP contribution in [0.25, 0.3) is 0 Å². The predicted molar refractivity (Wildman–Crippen MR) is 137 cm³/mol. The summed E-state index contributed by atoms with van der Waals surface area (Å²) in [7, 11) is 0. The molecule has 2 bridgehead atoms. The molecule has 0 unspecified atom stereocenters. The van der Waals surface area contributed by atoms with Gasteiger partial charge in [-0.3, -0.25) is 14.4 Å². The number of anilines is 1. The van der Waals surface area contributed by atoms with Gasteiger partial charge in [0, 0.05) is 30.5 Å². The summed E-state index contributed by atoms with van der Waals surface area (Å²) in [6, 6.07) is 23.6. The Kier molecular flexibility index (Phi) is 4.88. The van der Waals surface area contributed by atoms with Gasteiger partial charge in [0.15, 0.2) is 0 Å². The van der Waals surface area contributed by atoms with Crippen LogP contribution in [-0.2, 0) is 9.59 Å². The van der Waals surface area contributed by atoms with Gasteiger partial charge in [-0.25, -0.2) is 4.90 Å². The molecular weight excluding hydrogens is 448 g/mol. The minimum absolute atomic E-state index is 0.0279. The molecule has 2 aliphatic heterocycles. The average Bonchev–Trinajstić information content (AvgIpc) is 3.09. The lowest BCUT2D eigenvalue weighted by molar-refractivity contribution is -0.122. The zero-order valence-electron chi connectivity index (χ0n) is 20.1. The monoisotopic (exact) mass is 476 g/mol. The average molecular weight is 477 g/mol. The standard InChI is InChI=1S/C31H28N2O3/c34-29(32-17-7-1-2-8-18-32)19-13-15-20(16-14-19)33-30(35)27-25-21-9-3-4-10-22(21)26(28(27)31(33)36)24-12-6-5-11-23(24)25/h3-6,9-16,25-28H,1-2,7-8,17-18H2/t25?,26?,27-,28-/m0/s1. The lowest BCUT2D eigenvalue weighted by Crippen LogP contribution is -2.41. The van der Waals surface area contributed by atoms with Crippen LogP contribution < -0.4 is 4.90 Å². The van der Waals surface area contributed by atoms with E-state index in [0.29, 0.717) is 11.3 Å². The van der Waals surface area contributed by atoms with Gasteiger partial charge in [-0.1, -0.05) is 61.4 Å². The molecule has 2 saturated heterocycles. The van der Waals surface area contributed by atoms with Gasteiger partial charge in [0.05, 0.1) is 17.5 Å². The van der Waals surface area contributed by atoms with Gasteiger partial charge in [-0.15, -0.1) is 0 Å². The minimum atomic E-state index is -0.397. The van der Waals surface area contributed by atoms with E-state index < -0.39 is 11.8 Å². The van der Waals surface area contributed by atoms with Crippen molar-refractivity contribution in [2.24, 2.45) is 11.8 Å². The first-order valence-corrected chi connectivity index (χ1v) is 13.1. The Hall–Kier alpha value is -3.73. The highest BCUT2D eigenvalue weighted by Crippen LogP contribution is 2.61. The normalized spacial score (nSPS) is 26.3.